The van der Waals surface area contributed by atoms with E-state index in [2.05, 4.69) is 13.8 Å². The average molecular weight is 520 g/mol. The molecule has 0 saturated carbocycles. The van der Waals surface area contributed by atoms with Crippen LogP contribution in [0.2, 0.25) is 5.02 Å². The molecule has 192 valence electrons. The van der Waals surface area contributed by atoms with Crippen LogP contribution in [-0.4, -0.2) is 30.0 Å². The fourth-order valence-electron chi connectivity index (χ4n) is 4.24. The third-order valence-electron chi connectivity index (χ3n) is 6.02. The molecule has 1 N–H and O–H groups in total. The second-order valence-electron chi connectivity index (χ2n) is 9.36. The maximum Gasteiger partial charge on any atom is 0.300 e. The van der Waals surface area contributed by atoms with Crippen LogP contribution in [0.15, 0.2) is 72.3 Å². The third kappa shape index (κ3) is 5.49. The van der Waals surface area contributed by atoms with Crippen LogP contribution in [-0.2, 0) is 9.59 Å². The van der Waals surface area contributed by atoms with Gasteiger partial charge in [-0.05, 0) is 67.8 Å². The standard InChI is InChI=1S/C30H30ClNO5/c1-5-36-23-13-14-25(31)24(16-23)28(33)26-27(20-7-6-8-22(15-20)37-17-18(2)3)32(30(35)29(26)34)21-11-9-19(4)10-12-21/h6-16,18,27,33H,5,17H2,1-4H3/b28-26+. The topological polar surface area (TPSA) is 76.1 Å². The Balaban J connectivity index is 1.91. The summed E-state index contributed by atoms with van der Waals surface area (Å²) in [6, 6.07) is 18.5. The number of anilines is 1. The van der Waals surface area contributed by atoms with Crippen LogP contribution < -0.4 is 14.4 Å². The van der Waals surface area contributed by atoms with Gasteiger partial charge in [0.05, 0.1) is 29.9 Å². The molecule has 1 heterocycles. The number of carbonyl (C=O) groups excluding carboxylic acids is 2. The van der Waals surface area contributed by atoms with Crippen molar-refractivity contribution in [2.75, 3.05) is 18.1 Å². The zero-order valence-corrected chi connectivity index (χ0v) is 22.1. The normalized spacial score (nSPS) is 16.9. The number of rotatable bonds is 8. The first-order chi connectivity index (χ1) is 17.7. The Morgan fingerprint density at radius 1 is 1.00 bits per heavy atom. The minimum absolute atomic E-state index is 0.0536. The molecule has 3 aromatic carbocycles. The molecule has 37 heavy (non-hydrogen) atoms. The Labute approximate surface area is 222 Å². The Morgan fingerprint density at radius 3 is 2.38 bits per heavy atom. The average Bonchev–Trinajstić information content (AvgIpc) is 3.14. The van der Waals surface area contributed by atoms with Gasteiger partial charge in [-0.15, -0.1) is 0 Å². The molecule has 1 aliphatic heterocycles. The molecule has 1 unspecified atom stereocenters. The van der Waals surface area contributed by atoms with E-state index in [0.717, 1.165) is 5.56 Å². The van der Waals surface area contributed by atoms with Crippen molar-refractivity contribution in [2.24, 2.45) is 5.92 Å². The highest BCUT2D eigenvalue weighted by molar-refractivity contribution is 6.52. The van der Waals surface area contributed by atoms with Gasteiger partial charge in [0.1, 0.15) is 17.3 Å². The summed E-state index contributed by atoms with van der Waals surface area (Å²) in [7, 11) is 0. The van der Waals surface area contributed by atoms with Crippen molar-refractivity contribution < 1.29 is 24.2 Å². The number of nitrogens with zero attached hydrogens (tertiary/aromatic N) is 1. The van der Waals surface area contributed by atoms with Crippen molar-refractivity contribution in [2.45, 2.75) is 33.7 Å². The lowest BCUT2D eigenvalue weighted by Crippen LogP contribution is -2.29. The minimum Gasteiger partial charge on any atom is -0.507 e. The number of benzene rings is 3. The molecule has 1 amide bonds. The summed E-state index contributed by atoms with van der Waals surface area (Å²) in [4.78, 5) is 28.3. The van der Waals surface area contributed by atoms with Crippen LogP contribution in [0.5, 0.6) is 11.5 Å². The highest BCUT2D eigenvalue weighted by Crippen LogP contribution is 2.44. The van der Waals surface area contributed by atoms with E-state index in [-0.39, 0.29) is 21.9 Å². The number of aliphatic hydroxyl groups is 1. The van der Waals surface area contributed by atoms with Gasteiger partial charge < -0.3 is 14.6 Å². The van der Waals surface area contributed by atoms with Gasteiger partial charge in [-0.25, -0.2) is 0 Å². The Bertz CT molecular complexity index is 1350. The largest absolute Gasteiger partial charge is 0.507 e. The molecule has 0 radical (unpaired) electrons. The van der Waals surface area contributed by atoms with E-state index in [1.54, 1.807) is 36.4 Å². The number of aliphatic hydroxyl groups excluding tert-OH is 1. The number of Topliss-reactive ketones (excluding diaryl/α,β-unsaturated/α-hetero) is 1. The number of carbonyl (C=O) groups is 2. The first-order valence-electron chi connectivity index (χ1n) is 12.2. The molecular formula is C30H30ClNO5. The van der Waals surface area contributed by atoms with Crippen molar-refractivity contribution in [1.82, 2.24) is 0 Å². The van der Waals surface area contributed by atoms with Crippen molar-refractivity contribution in [3.63, 3.8) is 0 Å². The minimum atomic E-state index is -0.892. The van der Waals surface area contributed by atoms with Gasteiger partial charge >= 0.3 is 0 Å². The molecule has 0 aliphatic carbocycles. The van der Waals surface area contributed by atoms with Gasteiger partial charge in [0.25, 0.3) is 11.7 Å². The van der Waals surface area contributed by atoms with E-state index in [0.29, 0.717) is 41.9 Å². The molecule has 0 bridgehead atoms. The van der Waals surface area contributed by atoms with Crippen LogP contribution in [0.3, 0.4) is 0 Å². The maximum absolute atomic E-state index is 13.5. The predicted molar refractivity (Wildman–Crippen MR) is 145 cm³/mol. The lowest BCUT2D eigenvalue weighted by molar-refractivity contribution is -0.132. The fraction of sp³-hybridized carbons (Fsp3) is 0.267. The summed E-state index contributed by atoms with van der Waals surface area (Å²) in [5, 5.41) is 11.7. The summed E-state index contributed by atoms with van der Waals surface area (Å²) < 4.78 is 11.5. The lowest BCUT2D eigenvalue weighted by atomic mass is 9.94. The van der Waals surface area contributed by atoms with Crippen molar-refractivity contribution in [1.29, 1.82) is 0 Å². The first-order valence-corrected chi connectivity index (χ1v) is 12.6. The zero-order chi connectivity index (χ0) is 26.7. The van der Waals surface area contributed by atoms with Crippen LogP contribution >= 0.6 is 11.6 Å². The van der Waals surface area contributed by atoms with Crippen LogP contribution in [0, 0.1) is 12.8 Å². The number of amides is 1. The van der Waals surface area contributed by atoms with Crippen molar-refractivity contribution in [3.05, 3.63) is 94.0 Å². The van der Waals surface area contributed by atoms with Crippen LogP contribution in [0.1, 0.15) is 43.5 Å². The summed E-state index contributed by atoms with van der Waals surface area (Å²) in [5.41, 5.74) is 2.34. The van der Waals surface area contributed by atoms with E-state index in [1.165, 1.54) is 4.90 Å². The van der Waals surface area contributed by atoms with E-state index in [4.69, 9.17) is 21.1 Å². The molecule has 4 rings (SSSR count). The number of hydrogen-bond acceptors (Lipinski definition) is 5. The van der Waals surface area contributed by atoms with Crippen LogP contribution in [0.25, 0.3) is 5.76 Å². The quantitative estimate of drug-likeness (QED) is 0.203. The van der Waals surface area contributed by atoms with Gasteiger partial charge in [0, 0.05) is 11.3 Å². The molecule has 1 aliphatic rings. The number of halogens is 1. The summed E-state index contributed by atoms with van der Waals surface area (Å²) in [6.45, 7) is 8.82. The molecule has 1 atom stereocenters. The second-order valence-corrected chi connectivity index (χ2v) is 9.76. The van der Waals surface area contributed by atoms with Crippen molar-refractivity contribution in [3.8, 4) is 11.5 Å². The highest BCUT2D eigenvalue weighted by Gasteiger charge is 2.47. The lowest BCUT2D eigenvalue weighted by Gasteiger charge is -2.26. The number of hydrogen-bond donors (Lipinski definition) is 1. The van der Waals surface area contributed by atoms with E-state index >= 15 is 0 Å². The summed E-state index contributed by atoms with van der Waals surface area (Å²) in [5.74, 6) is -0.478. The second kappa shape index (κ2) is 11.1. The molecule has 1 fully saturated rings. The number of ether oxygens (including phenoxy) is 2. The van der Waals surface area contributed by atoms with Crippen LogP contribution in [0.4, 0.5) is 5.69 Å². The highest BCUT2D eigenvalue weighted by atomic mass is 35.5. The maximum atomic E-state index is 13.5. The smallest absolute Gasteiger partial charge is 0.300 e. The zero-order valence-electron chi connectivity index (χ0n) is 21.3. The molecule has 1 saturated heterocycles. The van der Waals surface area contributed by atoms with E-state index in [9.17, 15) is 14.7 Å². The summed E-state index contributed by atoms with van der Waals surface area (Å²) >= 11 is 6.43. The Morgan fingerprint density at radius 2 is 1.70 bits per heavy atom. The summed E-state index contributed by atoms with van der Waals surface area (Å²) in [6.07, 6.45) is 0. The third-order valence-corrected chi connectivity index (χ3v) is 6.35. The number of aryl methyl sites for hydroxylation is 1. The van der Waals surface area contributed by atoms with Crippen molar-refractivity contribution >= 4 is 34.7 Å². The molecular weight excluding hydrogens is 490 g/mol. The Kier molecular flexibility index (Phi) is 7.89. The molecule has 0 spiro atoms. The van der Waals surface area contributed by atoms with Gasteiger partial charge in [0.15, 0.2) is 0 Å². The Hall–Kier alpha value is -3.77. The SMILES string of the molecule is CCOc1ccc(Cl)c(/C(O)=C2\C(=O)C(=O)N(c3ccc(C)cc3)C2c2cccc(OCC(C)C)c2)c1. The molecule has 0 aromatic heterocycles. The van der Waals surface area contributed by atoms with Gasteiger partial charge in [-0.3, -0.25) is 14.5 Å². The predicted octanol–water partition coefficient (Wildman–Crippen LogP) is 6.71. The molecule has 7 heteroatoms. The first kappa shape index (κ1) is 26.3. The van der Waals surface area contributed by atoms with E-state index in [1.807, 2.05) is 44.2 Å². The van der Waals surface area contributed by atoms with Gasteiger partial charge in [-0.2, -0.15) is 0 Å². The fourth-order valence-corrected chi connectivity index (χ4v) is 4.45. The molecule has 6 nitrogen and oxygen atoms in total. The van der Waals surface area contributed by atoms with E-state index < -0.39 is 17.7 Å². The van der Waals surface area contributed by atoms with Gasteiger partial charge in [0.2, 0.25) is 0 Å². The van der Waals surface area contributed by atoms with Gasteiger partial charge in [-0.1, -0.05) is 55.3 Å². The number of ketones is 1. The monoisotopic (exact) mass is 519 g/mol. The molecule has 3 aromatic rings.